The first-order valence-electron chi connectivity index (χ1n) is 17.0. The van der Waals surface area contributed by atoms with Crippen LogP contribution >= 0.6 is 0 Å². The van der Waals surface area contributed by atoms with E-state index in [2.05, 4.69) is 14.5 Å². The first kappa shape index (κ1) is 39.4. The summed E-state index contributed by atoms with van der Waals surface area (Å²) < 4.78 is 172. The normalized spacial score (nSPS) is 12.6. The average Bonchev–Trinajstić information content (AvgIpc) is 3.69. The number of rotatable bonds is 3. The van der Waals surface area contributed by atoms with Gasteiger partial charge < -0.3 is 9.13 Å². The van der Waals surface area contributed by atoms with Gasteiger partial charge in [0.2, 0.25) is 0 Å². The molecule has 60 heavy (non-hydrogen) atoms. The van der Waals surface area contributed by atoms with Crippen LogP contribution in [0.4, 0.5) is 69.7 Å². The number of hydrogen-bond donors (Lipinski definition) is 0. The summed E-state index contributed by atoms with van der Waals surface area (Å²) in [6, 6.07) is 15.8. The molecule has 17 heteroatoms. The van der Waals surface area contributed by atoms with Gasteiger partial charge in [-0.3, -0.25) is 0 Å². The van der Waals surface area contributed by atoms with Crippen molar-refractivity contribution >= 4 is 60.7 Å². The van der Waals surface area contributed by atoms with Crippen LogP contribution < -0.4 is 0 Å². The summed E-state index contributed by atoms with van der Waals surface area (Å²) in [6.45, 7) is 23.5. The van der Waals surface area contributed by atoms with Crippen molar-refractivity contribution in [1.82, 2.24) is 9.13 Å². The van der Waals surface area contributed by atoms with Crippen molar-refractivity contribution in [1.29, 1.82) is 0 Å². The Kier molecular flexibility index (Phi) is 8.72. The second-order valence-electron chi connectivity index (χ2n) is 13.5. The van der Waals surface area contributed by atoms with Crippen molar-refractivity contribution in [3.05, 3.63) is 160 Å². The highest BCUT2D eigenvalue weighted by molar-refractivity contribution is 6.13. The Balaban J connectivity index is 1.63. The highest BCUT2D eigenvalue weighted by Gasteiger charge is 2.36. The van der Waals surface area contributed by atoms with Gasteiger partial charge in [0, 0.05) is 32.6 Å². The van der Waals surface area contributed by atoms with E-state index < -0.39 is 58.3 Å². The van der Waals surface area contributed by atoms with Crippen LogP contribution in [0.3, 0.4) is 0 Å². The highest BCUT2D eigenvalue weighted by atomic mass is 19.4. The van der Waals surface area contributed by atoms with Gasteiger partial charge in [-0.15, -0.1) is 0 Å². The molecule has 0 bridgehead atoms. The number of aromatic nitrogens is 2. The summed E-state index contributed by atoms with van der Waals surface area (Å²) in [7, 11) is 0. The lowest BCUT2D eigenvalue weighted by atomic mass is 9.98. The fourth-order valence-electron chi connectivity index (χ4n) is 7.40. The summed E-state index contributed by atoms with van der Waals surface area (Å²) in [5.41, 5.74) is -7.89. The summed E-state index contributed by atoms with van der Waals surface area (Å²) >= 11 is 0. The molecule has 0 N–H and O–H groups in total. The predicted octanol–water partition coefficient (Wildman–Crippen LogP) is 15.3. The Morgan fingerprint density at radius 2 is 0.700 bits per heavy atom. The van der Waals surface area contributed by atoms with E-state index in [1.54, 1.807) is 0 Å². The van der Waals surface area contributed by atoms with E-state index in [0.29, 0.717) is 36.4 Å². The van der Waals surface area contributed by atoms with Gasteiger partial charge in [-0.2, -0.15) is 52.7 Å². The predicted molar refractivity (Wildman–Crippen MR) is 199 cm³/mol. The molecule has 0 aliphatic carbocycles. The average molecular weight is 832 g/mol. The minimum atomic E-state index is -4.98. The molecule has 0 radical (unpaired) electrons. The molecular formula is C43H17F12N5. The fourth-order valence-corrected chi connectivity index (χ4v) is 7.40. The van der Waals surface area contributed by atoms with Crippen LogP contribution in [0, 0.1) is 19.7 Å². The fraction of sp³-hybridized carbons (Fsp3) is 0.0930. The van der Waals surface area contributed by atoms with Gasteiger partial charge in [0.15, 0.2) is 17.1 Å². The molecule has 2 heterocycles. The molecule has 298 valence electrons. The van der Waals surface area contributed by atoms with Gasteiger partial charge in [0.1, 0.15) is 0 Å². The first-order chi connectivity index (χ1) is 28.1. The van der Waals surface area contributed by atoms with Gasteiger partial charge in [-0.1, -0.05) is 42.5 Å². The minimum Gasteiger partial charge on any atom is -0.308 e. The molecule has 0 aliphatic heterocycles. The molecule has 0 saturated heterocycles. The molecule has 0 fully saturated rings. The van der Waals surface area contributed by atoms with Crippen molar-refractivity contribution in [2.45, 2.75) is 24.7 Å². The van der Waals surface area contributed by atoms with E-state index in [-0.39, 0.29) is 71.8 Å². The van der Waals surface area contributed by atoms with Crippen molar-refractivity contribution < 1.29 is 52.7 Å². The van der Waals surface area contributed by atoms with E-state index in [1.165, 1.54) is 22.8 Å². The Morgan fingerprint density at radius 3 is 1.10 bits per heavy atom. The maximum absolute atomic E-state index is 14.3. The molecule has 0 saturated carbocycles. The molecule has 0 spiro atoms. The van der Waals surface area contributed by atoms with Gasteiger partial charge >= 0.3 is 24.7 Å². The first-order valence-corrected chi connectivity index (χ1v) is 17.0. The standard InChI is InChI=1S/C43H17F12N5/c1-56-25-8-13-30-29-12-7-24(43(53,54)55)17-36(29)60(37(30)18-25)38-19-31(26-9-4-21(40(44,45)46)14-32(26)57-2)33(58-3)20-39(38)59-34-15-22(41(47,48)49)5-10-27(34)28-11-6-23(16-35(28)59)42(50,51)52/h4-20H. The smallest absolute Gasteiger partial charge is 0.308 e. The van der Waals surface area contributed by atoms with Gasteiger partial charge in [-0.05, 0) is 71.8 Å². The summed E-state index contributed by atoms with van der Waals surface area (Å²) in [5.74, 6) is 0. The Morgan fingerprint density at radius 1 is 0.350 bits per heavy atom. The highest BCUT2D eigenvalue weighted by Crippen LogP contribution is 2.48. The molecule has 0 amide bonds. The zero-order valence-corrected chi connectivity index (χ0v) is 29.6. The largest absolute Gasteiger partial charge is 0.416 e. The Hall–Kier alpha value is -7.45. The number of benzene rings is 6. The van der Waals surface area contributed by atoms with Crippen LogP contribution in [0.1, 0.15) is 22.3 Å². The maximum atomic E-state index is 14.3. The van der Waals surface area contributed by atoms with Crippen LogP contribution in [-0.2, 0) is 24.7 Å². The van der Waals surface area contributed by atoms with Crippen LogP contribution in [0.5, 0.6) is 0 Å². The van der Waals surface area contributed by atoms with Crippen molar-refractivity contribution in [2.75, 3.05) is 0 Å². The monoisotopic (exact) mass is 831 g/mol. The molecule has 8 aromatic rings. The molecule has 0 atom stereocenters. The topological polar surface area (TPSA) is 22.9 Å². The molecule has 0 aliphatic rings. The third-order valence-electron chi connectivity index (χ3n) is 10.1. The van der Waals surface area contributed by atoms with Gasteiger partial charge in [0.25, 0.3) is 0 Å². The molecule has 0 unspecified atom stereocenters. The number of alkyl halides is 12. The van der Waals surface area contributed by atoms with Crippen LogP contribution in [-0.4, -0.2) is 9.13 Å². The summed E-state index contributed by atoms with van der Waals surface area (Å²) in [4.78, 5) is 10.2. The number of hydrogen-bond acceptors (Lipinski definition) is 0. The molecule has 2 aromatic heterocycles. The lowest BCUT2D eigenvalue weighted by Crippen LogP contribution is -2.08. The van der Waals surface area contributed by atoms with E-state index in [9.17, 15) is 52.7 Å². The minimum absolute atomic E-state index is 0.0148. The van der Waals surface area contributed by atoms with E-state index in [0.717, 1.165) is 53.1 Å². The van der Waals surface area contributed by atoms with Crippen LogP contribution in [0.2, 0.25) is 0 Å². The van der Waals surface area contributed by atoms with Gasteiger partial charge in [0.05, 0.1) is 64.3 Å². The SMILES string of the molecule is [C-]#[N+]c1ccc2c3ccc(C(F)(F)F)cc3n(-c3cc(-c4ccc(C(F)(F)F)cc4[N+]#[C-])c([N+]#[C-])cc3-n3c4cc(C(F)(F)F)ccc4c4ccc(C(F)(F)F)cc43)c2c1. The van der Waals surface area contributed by atoms with Gasteiger partial charge in [-0.25, -0.2) is 14.5 Å². The maximum Gasteiger partial charge on any atom is 0.416 e. The third kappa shape index (κ3) is 6.37. The number of nitrogens with zero attached hydrogens (tertiary/aromatic N) is 5. The lowest BCUT2D eigenvalue weighted by molar-refractivity contribution is -0.138. The molecule has 6 aromatic carbocycles. The summed E-state index contributed by atoms with van der Waals surface area (Å²) in [6.07, 6.45) is -19.8. The lowest BCUT2D eigenvalue weighted by Gasteiger charge is -2.21. The molecule has 5 nitrogen and oxygen atoms in total. The Labute approximate surface area is 329 Å². The second kappa shape index (κ2) is 13.3. The number of halogens is 12. The van der Waals surface area contributed by atoms with Crippen molar-refractivity contribution in [3.63, 3.8) is 0 Å². The molecular weight excluding hydrogens is 814 g/mol. The van der Waals surface area contributed by atoms with Crippen LogP contribution in [0.15, 0.2) is 103 Å². The van der Waals surface area contributed by atoms with Crippen molar-refractivity contribution in [3.8, 4) is 22.5 Å². The van der Waals surface area contributed by atoms with E-state index in [1.807, 2.05) is 0 Å². The summed E-state index contributed by atoms with van der Waals surface area (Å²) in [5, 5.41) is 0.445. The Bertz CT molecular complexity index is 3180. The zero-order valence-electron chi connectivity index (χ0n) is 29.6. The quantitative estimate of drug-likeness (QED) is 0.125. The van der Waals surface area contributed by atoms with E-state index in [4.69, 9.17) is 19.7 Å². The van der Waals surface area contributed by atoms with E-state index >= 15 is 0 Å². The van der Waals surface area contributed by atoms with Crippen molar-refractivity contribution in [2.24, 2.45) is 0 Å². The third-order valence-corrected chi connectivity index (χ3v) is 10.1. The molecule has 8 rings (SSSR count). The number of fused-ring (bicyclic) bond motifs is 6. The second-order valence-corrected chi connectivity index (χ2v) is 13.5. The zero-order chi connectivity index (χ0) is 43.3. The van der Waals surface area contributed by atoms with Crippen LogP contribution in [0.25, 0.3) is 80.6 Å².